The fourth-order valence-corrected chi connectivity index (χ4v) is 3.24. The number of aromatic nitrogens is 1. The molecule has 1 aromatic carbocycles. The number of aliphatic hydroxyl groups excluding tert-OH is 1. The second-order valence-corrected chi connectivity index (χ2v) is 7.54. The molecule has 1 heterocycles. The van der Waals surface area contributed by atoms with Gasteiger partial charge in [-0.3, -0.25) is 4.79 Å². The van der Waals surface area contributed by atoms with Crippen LogP contribution in [0.15, 0.2) is 48.4 Å². The van der Waals surface area contributed by atoms with E-state index in [1.165, 1.54) is 31.1 Å². The minimum atomic E-state index is 0. The summed E-state index contributed by atoms with van der Waals surface area (Å²) in [5.74, 6) is 0.250. The number of allylic oxidation sites excluding steroid dienone is 2. The molecule has 4 heteroatoms. The van der Waals surface area contributed by atoms with Gasteiger partial charge in [-0.15, -0.1) is 35.4 Å². The summed E-state index contributed by atoms with van der Waals surface area (Å²) in [6.45, 7) is 12.2. The van der Waals surface area contributed by atoms with Crippen molar-refractivity contribution in [2.75, 3.05) is 0 Å². The van der Waals surface area contributed by atoms with E-state index in [0.717, 1.165) is 11.3 Å². The predicted octanol–water partition coefficient (Wildman–Crippen LogP) is 5.13. The Bertz CT molecular complexity index is 763. The molecule has 0 spiro atoms. The second-order valence-electron chi connectivity index (χ2n) is 7.54. The van der Waals surface area contributed by atoms with Crippen LogP contribution >= 0.6 is 0 Å². The van der Waals surface area contributed by atoms with E-state index in [2.05, 4.69) is 56.9 Å². The van der Waals surface area contributed by atoms with Crippen LogP contribution in [0.25, 0.3) is 11.3 Å². The molecule has 0 bridgehead atoms. The number of carbonyl (C=O) groups excluding carboxylic acids is 1. The summed E-state index contributed by atoms with van der Waals surface area (Å²) in [4.78, 5) is 13.0. The molecule has 0 amide bonds. The van der Waals surface area contributed by atoms with Gasteiger partial charge in [0.2, 0.25) is 0 Å². The molecule has 0 saturated heterocycles. The number of benzene rings is 1. The van der Waals surface area contributed by atoms with Crippen molar-refractivity contribution in [1.29, 1.82) is 0 Å². The summed E-state index contributed by atoms with van der Waals surface area (Å²) in [6.07, 6.45) is 3.15. The normalized spacial score (nSPS) is 16.2. The molecule has 3 nitrogen and oxygen atoms in total. The third-order valence-electron chi connectivity index (χ3n) is 5.23. The summed E-state index contributed by atoms with van der Waals surface area (Å²) >= 11 is 0. The first-order valence-corrected chi connectivity index (χ1v) is 8.46. The molecular weight excluding hydrogens is 505 g/mol. The Hall–Kier alpha value is -1.73. The number of aliphatic hydroxyl groups is 1. The number of rotatable bonds is 1. The zero-order valence-corrected chi connectivity index (χ0v) is 18.5. The first-order chi connectivity index (χ1) is 11.6. The monoisotopic (exact) mass is 532 g/mol. The first-order valence-electron chi connectivity index (χ1n) is 8.46. The van der Waals surface area contributed by atoms with E-state index in [0.29, 0.717) is 0 Å². The van der Waals surface area contributed by atoms with E-state index < -0.39 is 0 Å². The minimum absolute atomic E-state index is 0. The van der Waals surface area contributed by atoms with Crippen LogP contribution in [0.4, 0.5) is 0 Å². The van der Waals surface area contributed by atoms with Crippen LogP contribution in [-0.4, -0.2) is 20.7 Å². The molecular formula is C22H27NO2Pt. The Balaban J connectivity index is 0.000000366. The second kappa shape index (κ2) is 8.31. The number of pyridine rings is 1. The van der Waals surface area contributed by atoms with Gasteiger partial charge in [-0.25, -0.2) is 0 Å². The quantitative estimate of drug-likeness (QED) is 0.240. The van der Waals surface area contributed by atoms with Gasteiger partial charge in [0, 0.05) is 27.3 Å². The van der Waals surface area contributed by atoms with Crippen LogP contribution in [0.1, 0.15) is 52.7 Å². The number of nitrogens with zero attached hydrogens (tertiary/aromatic N) is 1. The standard InChI is InChI=1S/C17H18N.C5H8O2.Pt/c1-16(2)13-9-6-5-8-12(13)15-14(17(16,3)4)10-7-11-18-15;1-4(6)3-5(2)7;/h5-7,9-11H,1-4H3;3,6H,1-2H3;/q-1;;/p+1/b;4-3-;. The first kappa shape index (κ1) is 22.3. The SMILES string of the molecule is CC(=[OH+])/C=C(/C)O.CC1(C)c2ccc[c-]c2-c2ncccc2C1(C)C.[Pt]. The summed E-state index contributed by atoms with van der Waals surface area (Å²) in [5.41, 5.74) is 5.08. The average Bonchev–Trinajstić information content (AvgIpc) is 2.53. The Morgan fingerprint density at radius 1 is 1.08 bits per heavy atom. The number of hydrogen-bond donors (Lipinski definition) is 1. The van der Waals surface area contributed by atoms with Gasteiger partial charge < -0.3 is 10.1 Å². The van der Waals surface area contributed by atoms with Crippen molar-refractivity contribution >= 4 is 5.78 Å². The topological polar surface area (TPSA) is 54.5 Å². The van der Waals surface area contributed by atoms with Crippen LogP contribution in [0.5, 0.6) is 0 Å². The fourth-order valence-electron chi connectivity index (χ4n) is 3.24. The summed E-state index contributed by atoms with van der Waals surface area (Å²) in [6, 6.07) is 13.9. The van der Waals surface area contributed by atoms with E-state index in [1.54, 1.807) is 0 Å². The van der Waals surface area contributed by atoms with Gasteiger partial charge in [0.05, 0.1) is 18.8 Å². The molecule has 1 aromatic heterocycles. The number of fused-ring (bicyclic) bond motifs is 3. The van der Waals surface area contributed by atoms with Crippen LogP contribution in [0, 0.1) is 6.07 Å². The van der Waals surface area contributed by atoms with E-state index in [4.69, 9.17) is 9.90 Å². The Morgan fingerprint density at radius 3 is 2.19 bits per heavy atom. The predicted molar refractivity (Wildman–Crippen MR) is 104 cm³/mol. The van der Waals surface area contributed by atoms with Crippen molar-refractivity contribution in [1.82, 2.24) is 4.98 Å². The minimum Gasteiger partial charge on any atom is -0.512 e. The molecule has 0 radical (unpaired) electrons. The maximum absolute atomic E-state index is 8.40. The van der Waals surface area contributed by atoms with Gasteiger partial charge in [0.15, 0.2) is 0 Å². The van der Waals surface area contributed by atoms with Gasteiger partial charge in [-0.2, -0.15) is 0 Å². The van der Waals surface area contributed by atoms with Gasteiger partial charge in [0.1, 0.15) is 0 Å². The molecule has 142 valence electrons. The van der Waals surface area contributed by atoms with Crippen molar-refractivity contribution in [2.45, 2.75) is 52.4 Å². The molecule has 2 N–H and O–H groups in total. The fraction of sp³-hybridized carbons (Fsp3) is 0.364. The molecule has 1 aliphatic rings. The van der Waals surface area contributed by atoms with E-state index in [1.807, 2.05) is 18.3 Å². The van der Waals surface area contributed by atoms with Gasteiger partial charge in [-0.1, -0.05) is 39.3 Å². The molecule has 3 rings (SSSR count). The van der Waals surface area contributed by atoms with Crippen LogP contribution < -0.4 is 0 Å². The molecule has 26 heavy (non-hydrogen) atoms. The van der Waals surface area contributed by atoms with Crippen molar-refractivity contribution < 1.29 is 31.0 Å². The number of hydrogen-bond acceptors (Lipinski definition) is 2. The summed E-state index contributed by atoms with van der Waals surface area (Å²) < 4.78 is 0. The van der Waals surface area contributed by atoms with E-state index in [9.17, 15) is 0 Å². The molecule has 1 aliphatic carbocycles. The van der Waals surface area contributed by atoms with Crippen LogP contribution in [0.3, 0.4) is 0 Å². The Labute approximate surface area is 170 Å². The van der Waals surface area contributed by atoms with Crippen molar-refractivity contribution in [2.24, 2.45) is 0 Å². The molecule has 2 aromatic rings. The smallest absolute Gasteiger partial charge is 0.316 e. The third-order valence-corrected chi connectivity index (χ3v) is 5.23. The van der Waals surface area contributed by atoms with Gasteiger partial charge in [-0.05, 0) is 29.5 Å². The third kappa shape index (κ3) is 4.15. The van der Waals surface area contributed by atoms with Crippen molar-refractivity contribution in [3.05, 3.63) is 65.6 Å². The molecule has 0 aliphatic heterocycles. The summed E-state index contributed by atoms with van der Waals surface area (Å²) in [7, 11) is 0. The van der Waals surface area contributed by atoms with E-state index >= 15 is 0 Å². The van der Waals surface area contributed by atoms with Crippen molar-refractivity contribution in [3.63, 3.8) is 0 Å². The summed E-state index contributed by atoms with van der Waals surface area (Å²) in [5, 5.41) is 8.40. The maximum atomic E-state index is 8.40. The van der Waals surface area contributed by atoms with Gasteiger partial charge in [0.25, 0.3) is 0 Å². The maximum Gasteiger partial charge on any atom is 0.316 e. The van der Waals surface area contributed by atoms with Crippen LogP contribution in [-0.2, 0) is 31.9 Å². The molecule has 0 fully saturated rings. The Morgan fingerprint density at radius 2 is 1.65 bits per heavy atom. The zero-order chi connectivity index (χ0) is 18.8. The van der Waals surface area contributed by atoms with Gasteiger partial charge >= 0.3 is 5.78 Å². The van der Waals surface area contributed by atoms with Crippen molar-refractivity contribution in [3.8, 4) is 11.3 Å². The Kier molecular flexibility index (Phi) is 7.13. The van der Waals surface area contributed by atoms with E-state index in [-0.39, 0.29) is 43.4 Å². The molecule has 0 atom stereocenters. The largest absolute Gasteiger partial charge is 0.512 e. The molecule has 0 unspecified atom stereocenters. The average molecular weight is 533 g/mol. The zero-order valence-electron chi connectivity index (χ0n) is 16.2. The number of ketones is 1. The molecule has 0 saturated carbocycles. The van der Waals surface area contributed by atoms with Crippen LogP contribution in [0.2, 0.25) is 0 Å².